The first kappa shape index (κ1) is 24.9. The van der Waals surface area contributed by atoms with Crippen LogP contribution in [0.3, 0.4) is 0 Å². The molecule has 0 spiro atoms. The number of carbonyl (C=O) groups is 2. The van der Waals surface area contributed by atoms with Crippen LogP contribution in [0.25, 0.3) is 22.3 Å². The highest BCUT2D eigenvalue weighted by atomic mass is 32.2. The van der Waals surface area contributed by atoms with Gasteiger partial charge in [-0.05, 0) is 47.0 Å². The Morgan fingerprint density at radius 1 is 0.667 bits per heavy atom. The molecular formula is C29H24O6S. The zero-order valence-electron chi connectivity index (χ0n) is 20.0. The first-order valence-electron chi connectivity index (χ1n) is 11.0. The summed E-state index contributed by atoms with van der Waals surface area (Å²) < 4.78 is 34.3. The molecule has 4 aromatic carbocycles. The van der Waals surface area contributed by atoms with Crippen molar-refractivity contribution < 1.29 is 27.5 Å². The van der Waals surface area contributed by atoms with Crippen molar-refractivity contribution in [3.05, 3.63) is 102 Å². The van der Waals surface area contributed by atoms with E-state index in [2.05, 4.69) is 0 Å². The summed E-state index contributed by atoms with van der Waals surface area (Å²) in [5.41, 5.74) is 3.18. The van der Waals surface area contributed by atoms with E-state index in [1.165, 1.54) is 38.5 Å². The lowest BCUT2D eigenvalue weighted by Gasteiger charge is -2.15. The fourth-order valence-corrected chi connectivity index (χ4v) is 4.64. The minimum absolute atomic E-state index is 0.180. The lowest BCUT2D eigenvalue weighted by atomic mass is 9.87. The summed E-state index contributed by atoms with van der Waals surface area (Å²) in [6.45, 7) is 0. The molecule has 0 aliphatic heterocycles. The van der Waals surface area contributed by atoms with Gasteiger partial charge in [-0.2, -0.15) is 0 Å². The van der Waals surface area contributed by atoms with Crippen molar-refractivity contribution in [2.75, 3.05) is 20.5 Å². The van der Waals surface area contributed by atoms with Gasteiger partial charge in [0, 0.05) is 22.9 Å². The lowest BCUT2D eigenvalue weighted by molar-refractivity contribution is 0.0817. The molecule has 36 heavy (non-hydrogen) atoms. The van der Waals surface area contributed by atoms with Gasteiger partial charge < -0.3 is 9.47 Å². The fraction of sp³-hybridized carbons (Fsp3) is 0.103. The SMILES string of the molecule is COc1ccc(C(=O)C(=O)c2cccc(-c3ccc(S(C)(=O)=O)cc3)c2-c2ccccc2)cc1OC. The molecule has 0 fully saturated rings. The van der Waals surface area contributed by atoms with Gasteiger partial charge in [0.25, 0.3) is 0 Å². The summed E-state index contributed by atoms with van der Waals surface area (Å²) in [5.74, 6) is -0.557. The molecule has 0 N–H and O–H groups in total. The third-order valence-electron chi connectivity index (χ3n) is 5.82. The van der Waals surface area contributed by atoms with Crippen molar-refractivity contribution in [1.29, 1.82) is 0 Å². The van der Waals surface area contributed by atoms with Crippen LogP contribution >= 0.6 is 0 Å². The average molecular weight is 501 g/mol. The predicted octanol–water partition coefficient (Wildman–Crippen LogP) is 5.51. The zero-order chi connectivity index (χ0) is 25.9. The number of ether oxygens (including phenoxy) is 2. The van der Waals surface area contributed by atoms with Gasteiger partial charge in [0.05, 0.1) is 19.1 Å². The van der Waals surface area contributed by atoms with Crippen LogP contribution in [0.1, 0.15) is 20.7 Å². The van der Waals surface area contributed by atoms with Gasteiger partial charge in [-0.15, -0.1) is 0 Å². The molecule has 0 aliphatic rings. The molecule has 0 unspecified atom stereocenters. The Hall–Kier alpha value is -4.23. The Bertz CT molecular complexity index is 1540. The average Bonchev–Trinajstić information content (AvgIpc) is 2.91. The van der Waals surface area contributed by atoms with E-state index < -0.39 is 21.4 Å². The molecule has 0 radical (unpaired) electrons. The van der Waals surface area contributed by atoms with E-state index >= 15 is 0 Å². The summed E-state index contributed by atoms with van der Waals surface area (Å²) in [5, 5.41) is 0. The normalized spacial score (nSPS) is 11.1. The Labute approximate surface area is 210 Å². The smallest absolute Gasteiger partial charge is 0.234 e. The number of hydrogen-bond donors (Lipinski definition) is 0. The Balaban J connectivity index is 1.85. The standard InChI is InChI=1S/C29H24O6S/c1-34-25-17-14-21(18-26(25)35-2)28(30)29(31)24-11-7-10-23(27(24)20-8-5-4-6-9-20)19-12-15-22(16-13-19)36(3,32)33/h4-18H,1-3H3. The van der Waals surface area contributed by atoms with Gasteiger partial charge >= 0.3 is 0 Å². The Kier molecular flexibility index (Phi) is 7.03. The molecule has 6 nitrogen and oxygen atoms in total. The van der Waals surface area contributed by atoms with E-state index in [0.29, 0.717) is 22.6 Å². The number of benzene rings is 4. The summed E-state index contributed by atoms with van der Waals surface area (Å²) in [4.78, 5) is 27.0. The van der Waals surface area contributed by atoms with Crippen LogP contribution in [0.15, 0.2) is 95.9 Å². The summed E-state index contributed by atoms with van der Waals surface area (Å²) in [6.07, 6.45) is 1.15. The Morgan fingerprint density at radius 3 is 1.94 bits per heavy atom. The van der Waals surface area contributed by atoms with Gasteiger partial charge in [0.15, 0.2) is 21.3 Å². The number of hydrogen-bond acceptors (Lipinski definition) is 6. The number of ketones is 2. The molecule has 0 heterocycles. The van der Waals surface area contributed by atoms with Gasteiger partial charge in [-0.1, -0.05) is 60.7 Å². The largest absolute Gasteiger partial charge is 0.493 e. The van der Waals surface area contributed by atoms with E-state index in [1.54, 1.807) is 30.3 Å². The maximum Gasteiger partial charge on any atom is 0.234 e. The maximum absolute atomic E-state index is 13.6. The molecule has 0 amide bonds. The van der Waals surface area contributed by atoms with E-state index in [4.69, 9.17) is 9.47 Å². The van der Waals surface area contributed by atoms with Gasteiger partial charge in [-0.25, -0.2) is 8.42 Å². The second-order valence-corrected chi connectivity index (χ2v) is 10.1. The minimum atomic E-state index is -3.36. The van der Waals surface area contributed by atoms with Gasteiger partial charge in [0.1, 0.15) is 0 Å². The van der Waals surface area contributed by atoms with E-state index in [9.17, 15) is 18.0 Å². The number of sulfone groups is 1. The molecule has 0 saturated carbocycles. The van der Waals surface area contributed by atoms with Crippen LogP contribution in [-0.4, -0.2) is 40.5 Å². The van der Waals surface area contributed by atoms with E-state index in [0.717, 1.165) is 17.4 Å². The maximum atomic E-state index is 13.6. The van der Waals surface area contributed by atoms with Gasteiger partial charge in [-0.3, -0.25) is 9.59 Å². The highest BCUT2D eigenvalue weighted by molar-refractivity contribution is 7.90. The minimum Gasteiger partial charge on any atom is -0.493 e. The predicted molar refractivity (Wildman–Crippen MR) is 139 cm³/mol. The third kappa shape index (κ3) is 4.92. The van der Waals surface area contributed by atoms with Gasteiger partial charge in [0.2, 0.25) is 11.6 Å². The van der Waals surface area contributed by atoms with Crippen molar-refractivity contribution in [3.63, 3.8) is 0 Å². The highest BCUT2D eigenvalue weighted by Gasteiger charge is 2.25. The Morgan fingerprint density at radius 2 is 1.33 bits per heavy atom. The molecule has 4 rings (SSSR count). The quantitative estimate of drug-likeness (QED) is 0.234. The number of rotatable bonds is 8. The third-order valence-corrected chi connectivity index (χ3v) is 6.95. The van der Waals surface area contributed by atoms with Crippen molar-refractivity contribution in [2.45, 2.75) is 4.90 Å². The van der Waals surface area contributed by atoms with E-state index in [-0.39, 0.29) is 16.0 Å². The van der Waals surface area contributed by atoms with E-state index in [1.807, 2.05) is 36.4 Å². The molecule has 0 bridgehead atoms. The summed E-state index contributed by atoms with van der Waals surface area (Å²) >= 11 is 0. The van der Waals surface area contributed by atoms with Crippen LogP contribution < -0.4 is 9.47 Å². The molecule has 182 valence electrons. The van der Waals surface area contributed by atoms with Crippen LogP contribution in [0.2, 0.25) is 0 Å². The molecule has 4 aromatic rings. The monoisotopic (exact) mass is 500 g/mol. The molecule has 0 saturated heterocycles. The first-order valence-corrected chi connectivity index (χ1v) is 12.9. The number of Topliss-reactive ketones (excluding diaryl/α,β-unsaturated/α-hetero) is 2. The highest BCUT2D eigenvalue weighted by Crippen LogP contribution is 2.36. The number of carbonyl (C=O) groups excluding carboxylic acids is 2. The summed E-state index contributed by atoms with van der Waals surface area (Å²) in [7, 11) is -0.407. The molecule has 0 aliphatic carbocycles. The van der Waals surface area contributed by atoms with Crippen molar-refractivity contribution >= 4 is 21.4 Å². The zero-order valence-corrected chi connectivity index (χ0v) is 20.8. The molecule has 0 atom stereocenters. The van der Waals surface area contributed by atoms with Crippen LogP contribution in [-0.2, 0) is 9.84 Å². The number of methoxy groups -OCH3 is 2. The lowest BCUT2D eigenvalue weighted by Crippen LogP contribution is -2.16. The van der Waals surface area contributed by atoms with Crippen molar-refractivity contribution in [1.82, 2.24) is 0 Å². The second-order valence-electron chi connectivity index (χ2n) is 8.12. The molecule has 7 heteroatoms. The topological polar surface area (TPSA) is 86.7 Å². The van der Waals surface area contributed by atoms with Crippen LogP contribution in [0.4, 0.5) is 0 Å². The summed E-state index contributed by atoms with van der Waals surface area (Å²) in [6, 6.07) is 25.5. The second kappa shape index (κ2) is 10.2. The molecular weight excluding hydrogens is 476 g/mol. The van der Waals surface area contributed by atoms with Crippen LogP contribution in [0, 0.1) is 0 Å². The van der Waals surface area contributed by atoms with Crippen molar-refractivity contribution in [3.8, 4) is 33.8 Å². The first-order chi connectivity index (χ1) is 17.2. The van der Waals surface area contributed by atoms with Crippen molar-refractivity contribution in [2.24, 2.45) is 0 Å². The fourth-order valence-electron chi connectivity index (χ4n) is 4.01. The van der Waals surface area contributed by atoms with Crippen LogP contribution in [0.5, 0.6) is 11.5 Å². The molecule has 0 aromatic heterocycles.